The van der Waals surface area contributed by atoms with Crippen molar-refractivity contribution in [1.29, 1.82) is 0 Å². The Morgan fingerprint density at radius 3 is 1.31 bits per heavy atom. The summed E-state index contributed by atoms with van der Waals surface area (Å²) in [5.41, 5.74) is 0.176. The Hall–Kier alpha value is -1.78. The average molecular weight is 190 g/mol. The minimum Gasteiger partial charge on any atom is -0.478 e. The van der Waals surface area contributed by atoms with Gasteiger partial charge in [0.2, 0.25) is 0 Å². The fraction of sp³-hybridized carbons (Fsp3) is 0.250. The van der Waals surface area contributed by atoms with Gasteiger partial charge >= 0.3 is 12.1 Å². The third-order valence-electron chi connectivity index (χ3n) is 0.365. The fourth-order valence-corrected chi connectivity index (χ4v) is 0. The van der Waals surface area contributed by atoms with Gasteiger partial charge in [0, 0.05) is 5.57 Å². The highest BCUT2D eigenvalue weighted by Gasteiger charge is 1.90. The zero-order valence-electron chi connectivity index (χ0n) is 7.65. The van der Waals surface area contributed by atoms with Gasteiger partial charge in [-0.25, -0.2) is 9.59 Å². The van der Waals surface area contributed by atoms with E-state index in [1.54, 1.807) is 6.08 Å². The van der Waals surface area contributed by atoms with E-state index in [4.69, 9.17) is 20.1 Å². The van der Waals surface area contributed by atoms with Gasteiger partial charge in [-0.05, 0) is 13.8 Å². The molecule has 0 fully saturated rings. The highest BCUT2D eigenvalue weighted by molar-refractivity contribution is 5.84. The van der Waals surface area contributed by atoms with E-state index in [1.165, 1.54) is 6.92 Å². The third kappa shape index (κ3) is 140. The summed E-state index contributed by atoms with van der Waals surface area (Å²) in [5.74, 6) is -0.935. The summed E-state index contributed by atoms with van der Waals surface area (Å²) in [5, 5.41) is 21.8. The van der Waals surface area contributed by atoms with Gasteiger partial charge in [0.1, 0.15) is 0 Å². The second-order valence-electron chi connectivity index (χ2n) is 1.78. The van der Waals surface area contributed by atoms with Crippen LogP contribution in [0.1, 0.15) is 13.8 Å². The number of rotatable bonds is 1. The highest BCUT2D eigenvalue weighted by Crippen LogP contribution is 1.81. The maximum absolute atomic E-state index is 9.60. The summed E-state index contributed by atoms with van der Waals surface area (Å²) in [6.45, 7) is 9.85. The molecule has 0 heterocycles. The first kappa shape index (κ1) is 17.3. The van der Waals surface area contributed by atoms with Gasteiger partial charge in [-0.3, -0.25) is 0 Å². The lowest BCUT2D eigenvalue weighted by atomic mass is 10.4. The largest absolute Gasteiger partial charge is 0.503 e. The molecule has 0 bridgehead atoms. The van der Waals surface area contributed by atoms with Crippen LogP contribution in [-0.4, -0.2) is 27.4 Å². The van der Waals surface area contributed by atoms with Gasteiger partial charge in [0.05, 0.1) is 0 Å². The smallest absolute Gasteiger partial charge is 0.478 e. The molecule has 5 nitrogen and oxygen atoms in total. The zero-order valence-corrected chi connectivity index (χ0v) is 7.65. The van der Waals surface area contributed by atoms with Crippen molar-refractivity contribution in [1.82, 2.24) is 0 Å². The van der Waals surface area contributed by atoms with E-state index in [2.05, 4.69) is 13.2 Å². The Morgan fingerprint density at radius 1 is 1.23 bits per heavy atom. The van der Waals surface area contributed by atoms with E-state index in [9.17, 15) is 4.79 Å². The van der Waals surface area contributed by atoms with Crippen molar-refractivity contribution in [2.24, 2.45) is 0 Å². The van der Waals surface area contributed by atoms with Gasteiger partial charge < -0.3 is 15.3 Å². The van der Waals surface area contributed by atoms with Gasteiger partial charge in [0.25, 0.3) is 0 Å². The molecule has 3 N–H and O–H groups in total. The predicted molar refractivity (Wildman–Crippen MR) is 49.0 cm³/mol. The zero-order chi connectivity index (χ0) is 11.4. The van der Waals surface area contributed by atoms with E-state index >= 15 is 0 Å². The summed E-state index contributed by atoms with van der Waals surface area (Å²) in [7, 11) is 0. The molecule has 5 heteroatoms. The molecule has 0 atom stereocenters. The van der Waals surface area contributed by atoms with Crippen LogP contribution in [0.4, 0.5) is 4.79 Å². The Labute approximate surface area is 76.6 Å². The third-order valence-corrected chi connectivity index (χ3v) is 0.365. The Kier molecular flexibility index (Phi) is 17.2. The van der Waals surface area contributed by atoms with Crippen LogP contribution in [0.5, 0.6) is 0 Å². The van der Waals surface area contributed by atoms with E-state index in [1.807, 2.05) is 6.92 Å². The van der Waals surface area contributed by atoms with Gasteiger partial charge in [-0.1, -0.05) is 12.7 Å². The molecule has 0 saturated heterocycles. The van der Waals surface area contributed by atoms with E-state index < -0.39 is 12.1 Å². The summed E-state index contributed by atoms with van der Waals surface area (Å²) in [6.07, 6.45) is -0.0833. The van der Waals surface area contributed by atoms with Crippen molar-refractivity contribution in [3.8, 4) is 0 Å². The minimum absolute atomic E-state index is 0.176. The number of carboxylic acids is 1. The van der Waals surface area contributed by atoms with Crippen LogP contribution < -0.4 is 0 Å². The second-order valence-corrected chi connectivity index (χ2v) is 1.78. The molecule has 0 aliphatic rings. The summed E-state index contributed by atoms with van der Waals surface area (Å²) in [6, 6.07) is 0. The first-order valence-electron chi connectivity index (χ1n) is 3.17. The molecule has 0 aliphatic carbocycles. The first-order valence-corrected chi connectivity index (χ1v) is 3.17. The molecule has 13 heavy (non-hydrogen) atoms. The quantitative estimate of drug-likeness (QED) is 0.434. The van der Waals surface area contributed by atoms with Crippen LogP contribution >= 0.6 is 0 Å². The van der Waals surface area contributed by atoms with E-state index in [-0.39, 0.29) is 5.57 Å². The topological polar surface area (TPSA) is 94.8 Å². The SMILES string of the molecule is C=C(C)C(=O)O.C=CC.O=C(O)O. The maximum Gasteiger partial charge on any atom is 0.503 e. The first-order chi connectivity index (χ1) is 5.79. The normalized spacial score (nSPS) is 6.31. The molecular formula is C8H14O5. The predicted octanol–water partition coefficient (Wildman–Crippen LogP) is 2.06. The highest BCUT2D eigenvalue weighted by atomic mass is 16.6. The molecule has 0 aromatic heterocycles. The standard InChI is InChI=1S/C4H6O2.C3H6.CH2O3/c1-3(2)4(5)6;1-3-2;2-1(3)4/h1H2,2H3,(H,5,6);3H,1H2,2H3;(H2,2,3,4). The molecule has 0 amide bonds. The van der Waals surface area contributed by atoms with Gasteiger partial charge in [-0.2, -0.15) is 0 Å². The Balaban J connectivity index is -0.000000125. The molecule has 0 radical (unpaired) electrons. The molecule has 0 aromatic carbocycles. The molecular weight excluding hydrogens is 176 g/mol. The molecule has 0 spiro atoms. The molecule has 0 unspecified atom stereocenters. The lowest BCUT2D eigenvalue weighted by Crippen LogP contribution is -1.92. The van der Waals surface area contributed by atoms with Crippen LogP contribution in [0.25, 0.3) is 0 Å². The van der Waals surface area contributed by atoms with Crippen molar-refractivity contribution < 1.29 is 24.9 Å². The van der Waals surface area contributed by atoms with Crippen LogP contribution in [-0.2, 0) is 4.79 Å². The molecule has 0 aromatic rings. The van der Waals surface area contributed by atoms with Crippen LogP contribution in [0.15, 0.2) is 24.8 Å². The number of hydrogen-bond donors (Lipinski definition) is 3. The van der Waals surface area contributed by atoms with Crippen molar-refractivity contribution in [2.75, 3.05) is 0 Å². The molecule has 0 rings (SSSR count). The maximum atomic E-state index is 9.60. The van der Waals surface area contributed by atoms with Crippen molar-refractivity contribution in [3.63, 3.8) is 0 Å². The van der Waals surface area contributed by atoms with Crippen LogP contribution in [0.3, 0.4) is 0 Å². The Bertz CT molecular complexity index is 167. The summed E-state index contributed by atoms with van der Waals surface area (Å²) < 4.78 is 0. The number of carbonyl (C=O) groups is 2. The fourth-order valence-electron chi connectivity index (χ4n) is 0. The number of carboxylic acid groups (broad SMARTS) is 3. The van der Waals surface area contributed by atoms with Crippen LogP contribution in [0, 0.1) is 0 Å². The monoisotopic (exact) mass is 190 g/mol. The van der Waals surface area contributed by atoms with Gasteiger partial charge in [0.15, 0.2) is 0 Å². The van der Waals surface area contributed by atoms with Crippen molar-refractivity contribution >= 4 is 12.1 Å². The average Bonchev–Trinajstić information content (AvgIpc) is 1.87. The number of aliphatic carboxylic acids is 1. The number of allylic oxidation sites excluding steroid dienone is 1. The summed E-state index contributed by atoms with van der Waals surface area (Å²) in [4.78, 5) is 18.2. The van der Waals surface area contributed by atoms with Crippen LogP contribution in [0.2, 0.25) is 0 Å². The van der Waals surface area contributed by atoms with E-state index in [0.717, 1.165) is 0 Å². The lowest BCUT2D eigenvalue weighted by molar-refractivity contribution is -0.132. The van der Waals surface area contributed by atoms with E-state index in [0.29, 0.717) is 0 Å². The molecule has 0 aliphatic heterocycles. The minimum atomic E-state index is -1.83. The van der Waals surface area contributed by atoms with Crippen molar-refractivity contribution in [3.05, 3.63) is 24.8 Å². The lowest BCUT2D eigenvalue weighted by Gasteiger charge is -1.79. The number of hydrogen-bond acceptors (Lipinski definition) is 2. The molecule has 0 saturated carbocycles. The van der Waals surface area contributed by atoms with Crippen molar-refractivity contribution in [2.45, 2.75) is 13.8 Å². The van der Waals surface area contributed by atoms with Gasteiger partial charge in [-0.15, -0.1) is 6.58 Å². The Morgan fingerprint density at radius 2 is 1.31 bits per heavy atom. The summed E-state index contributed by atoms with van der Waals surface area (Å²) >= 11 is 0. The molecule has 76 valence electrons. The second kappa shape index (κ2) is 12.9.